The highest BCUT2D eigenvalue weighted by molar-refractivity contribution is 5.09. The van der Waals surface area contributed by atoms with Crippen LogP contribution in [0, 0.1) is 5.92 Å². The zero-order chi connectivity index (χ0) is 8.15. The molecule has 0 aromatic carbocycles. The van der Waals surface area contributed by atoms with E-state index in [1.807, 2.05) is 6.92 Å². The van der Waals surface area contributed by atoms with Crippen LogP contribution in [0.15, 0.2) is 11.3 Å². The van der Waals surface area contributed by atoms with Crippen molar-refractivity contribution in [3.05, 3.63) is 11.3 Å². The van der Waals surface area contributed by atoms with Crippen molar-refractivity contribution in [2.45, 2.75) is 27.2 Å². The van der Waals surface area contributed by atoms with Crippen LogP contribution in [0.4, 0.5) is 0 Å². The second-order valence-corrected chi connectivity index (χ2v) is 3.11. The Morgan fingerprint density at radius 3 is 2.20 bits per heavy atom. The average molecular weight is 142 g/mol. The lowest BCUT2D eigenvalue weighted by Crippen LogP contribution is -2.13. The SMILES string of the molecule is CC(CC(C)C)=C(N)CN. The van der Waals surface area contributed by atoms with Gasteiger partial charge in [-0.2, -0.15) is 0 Å². The molecule has 0 aliphatic heterocycles. The average Bonchev–Trinajstić information content (AvgIpc) is 1.85. The Morgan fingerprint density at radius 2 is 1.90 bits per heavy atom. The molecule has 0 spiro atoms. The first-order chi connectivity index (χ1) is 4.57. The van der Waals surface area contributed by atoms with E-state index in [-0.39, 0.29) is 0 Å². The fraction of sp³-hybridized carbons (Fsp3) is 0.750. The minimum atomic E-state index is 0.485. The van der Waals surface area contributed by atoms with E-state index in [4.69, 9.17) is 11.5 Å². The van der Waals surface area contributed by atoms with Gasteiger partial charge in [-0.25, -0.2) is 0 Å². The number of allylic oxidation sites excluding steroid dienone is 1. The van der Waals surface area contributed by atoms with E-state index in [2.05, 4.69) is 13.8 Å². The van der Waals surface area contributed by atoms with Gasteiger partial charge in [0, 0.05) is 12.2 Å². The molecule has 0 aromatic heterocycles. The Bertz CT molecular complexity index is 125. The normalized spacial score (nSPS) is 13.7. The number of rotatable bonds is 3. The van der Waals surface area contributed by atoms with Gasteiger partial charge in [-0.05, 0) is 19.3 Å². The van der Waals surface area contributed by atoms with E-state index < -0.39 is 0 Å². The van der Waals surface area contributed by atoms with Crippen molar-refractivity contribution in [3.63, 3.8) is 0 Å². The predicted octanol–water partition coefficient (Wildman–Crippen LogP) is 1.22. The molecule has 0 aliphatic rings. The largest absolute Gasteiger partial charge is 0.401 e. The first kappa shape index (κ1) is 9.50. The van der Waals surface area contributed by atoms with Crippen LogP contribution < -0.4 is 11.5 Å². The van der Waals surface area contributed by atoms with Crippen LogP contribution in [0.2, 0.25) is 0 Å². The van der Waals surface area contributed by atoms with Crippen molar-refractivity contribution in [1.82, 2.24) is 0 Å². The molecule has 2 heteroatoms. The van der Waals surface area contributed by atoms with Crippen LogP contribution in [0.1, 0.15) is 27.2 Å². The highest BCUT2D eigenvalue weighted by Crippen LogP contribution is 2.10. The van der Waals surface area contributed by atoms with Crippen molar-refractivity contribution in [2.24, 2.45) is 17.4 Å². The Kier molecular flexibility index (Phi) is 4.12. The van der Waals surface area contributed by atoms with Crippen LogP contribution in [-0.4, -0.2) is 6.54 Å². The fourth-order valence-corrected chi connectivity index (χ4v) is 0.918. The van der Waals surface area contributed by atoms with Crippen LogP contribution in [0.25, 0.3) is 0 Å². The molecule has 0 amide bonds. The van der Waals surface area contributed by atoms with Crippen LogP contribution >= 0.6 is 0 Å². The summed E-state index contributed by atoms with van der Waals surface area (Å²) in [6, 6.07) is 0. The van der Waals surface area contributed by atoms with Gasteiger partial charge in [-0.1, -0.05) is 19.4 Å². The summed E-state index contributed by atoms with van der Waals surface area (Å²) in [7, 11) is 0. The van der Waals surface area contributed by atoms with Gasteiger partial charge < -0.3 is 11.5 Å². The second kappa shape index (κ2) is 4.34. The van der Waals surface area contributed by atoms with Gasteiger partial charge in [0.1, 0.15) is 0 Å². The van der Waals surface area contributed by atoms with E-state index in [1.165, 1.54) is 5.57 Å². The highest BCUT2D eigenvalue weighted by Gasteiger charge is 1.98. The maximum absolute atomic E-state index is 5.62. The molecule has 0 heterocycles. The van der Waals surface area contributed by atoms with E-state index in [0.717, 1.165) is 12.1 Å². The number of hydrogen-bond donors (Lipinski definition) is 2. The molecule has 0 fully saturated rings. The molecule has 2 nitrogen and oxygen atoms in total. The van der Waals surface area contributed by atoms with Crippen molar-refractivity contribution in [3.8, 4) is 0 Å². The molecule has 0 saturated carbocycles. The molecule has 4 N–H and O–H groups in total. The van der Waals surface area contributed by atoms with Crippen molar-refractivity contribution in [1.29, 1.82) is 0 Å². The topological polar surface area (TPSA) is 52.0 Å². The lowest BCUT2D eigenvalue weighted by molar-refractivity contribution is 0.636. The first-order valence-electron chi connectivity index (χ1n) is 3.72. The second-order valence-electron chi connectivity index (χ2n) is 3.11. The Hall–Kier alpha value is -0.500. The summed E-state index contributed by atoms with van der Waals surface area (Å²) in [4.78, 5) is 0. The third kappa shape index (κ3) is 3.51. The Balaban J connectivity index is 3.92. The number of hydrogen-bond acceptors (Lipinski definition) is 2. The molecule has 0 aromatic rings. The zero-order valence-corrected chi connectivity index (χ0v) is 7.15. The highest BCUT2D eigenvalue weighted by atomic mass is 14.7. The predicted molar refractivity (Wildman–Crippen MR) is 45.4 cm³/mol. The molecule has 0 atom stereocenters. The maximum atomic E-state index is 5.62. The zero-order valence-electron chi connectivity index (χ0n) is 7.15. The lowest BCUT2D eigenvalue weighted by Gasteiger charge is -2.07. The molecule has 0 saturated heterocycles. The quantitative estimate of drug-likeness (QED) is 0.622. The van der Waals surface area contributed by atoms with E-state index in [1.54, 1.807) is 0 Å². The van der Waals surface area contributed by atoms with Gasteiger partial charge in [-0.15, -0.1) is 0 Å². The summed E-state index contributed by atoms with van der Waals surface area (Å²) >= 11 is 0. The summed E-state index contributed by atoms with van der Waals surface area (Å²) in [5.74, 6) is 0.671. The lowest BCUT2D eigenvalue weighted by atomic mass is 10.0. The van der Waals surface area contributed by atoms with Gasteiger partial charge in [-0.3, -0.25) is 0 Å². The smallest absolute Gasteiger partial charge is 0.0326 e. The van der Waals surface area contributed by atoms with E-state index >= 15 is 0 Å². The van der Waals surface area contributed by atoms with Gasteiger partial charge in [0.05, 0.1) is 0 Å². The van der Waals surface area contributed by atoms with Crippen LogP contribution in [0.3, 0.4) is 0 Å². The summed E-state index contributed by atoms with van der Waals surface area (Å²) in [6.45, 7) is 6.88. The monoisotopic (exact) mass is 142 g/mol. The standard InChI is InChI=1S/C8H18N2/c1-6(2)4-7(3)8(10)5-9/h6H,4-5,9-10H2,1-3H3. The molecule has 0 aliphatic carbocycles. The minimum absolute atomic E-state index is 0.485. The third-order valence-electron chi connectivity index (χ3n) is 1.48. The van der Waals surface area contributed by atoms with Gasteiger partial charge in [0.2, 0.25) is 0 Å². The fourth-order valence-electron chi connectivity index (χ4n) is 0.918. The van der Waals surface area contributed by atoms with E-state index in [0.29, 0.717) is 12.5 Å². The Morgan fingerprint density at radius 1 is 1.40 bits per heavy atom. The summed E-state index contributed by atoms with van der Waals surface area (Å²) in [5, 5.41) is 0. The number of nitrogens with two attached hydrogens (primary N) is 2. The molecule has 10 heavy (non-hydrogen) atoms. The third-order valence-corrected chi connectivity index (χ3v) is 1.48. The molecule has 0 radical (unpaired) electrons. The summed E-state index contributed by atoms with van der Waals surface area (Å²) < 4.78 is 0. The van der Waals surface area contributed by atoms with Crippen molar-refractivity contribution >= 4 is 0 Å². The van der Waals surface area contributed by atoms with Gasteiger partial charge in [0.15, 0.2) is 0 Å². The first-order valence-corrected chi connectivity index (χ1v) is 3.72. The molecular weight excluding hydrogens is 124 g/mol. The molecule has 0 unspecified atom stereocenters. The van der Waals surface area contributed by atoms with Crippen LogP contribution in [-0.2, 0) is 0 Å². The summed E-state index contributed by atoms with van der Waals surface area (Å²) in [6.07, 6.45) is 1.06. The minimum Gasteiger partial charge on any atom is -0.401 e. The van der Waals surface area contributed by atoms with E-state index in [9.17, 15) is 0 Å². The molecule has 60 valence electrons. The molecule has 0 rings (SSSR count). The Labute approximate surface area is 63.3 Å². The maximum Gasteiger partial charge on any atom is 0.0326 e. The molecule has 0 bridgehead atoms. The van der Waals surface area contributed by atoms with Gasteiger partial charge >= 0.3 is 0 Å². The van der Waals surface area contributed by atoms with Crippen molar-refractivity contribution in [2.75, 3.05) is 6.54 Å². The van der Waals surface area contributed by atoms with Gasteiger partial charge in [0.25, 0.3) is 0 Å². The summed E-state index contributed by atoms with van der Waals surface area (Å²) in [5.41, 5.74) is 13.1. The van der Waals surface area contributed by atoms with Crippen LogP contribution in [0.5, 0.6) is 0 Å². The van der Waals surface area contributed by atoms with Crippen molar-refractivity contribution < 1.29 is 0 Å². The molecular formula is C8H18N2.